The van der Waals surface area contributed by atoms with E-state index in [-0.39, 0.29) is 5.56 Å². The molecule has 0 bridgehead atoms. The van der Waals surface area contributed by atoms with Crippen molar-refractivity contribution in [2.24, 2.45) is 11.7 Å². The van der Waals surface area contributed by atoms with Gasteiger partial charge < -0.3 is 10.7 Å². The molecule has 2 rings (SSSR count). The van der Waals surface area contributed by atoms with Crippen LogP contribution in [0, 0.1) is 5.92 Å². The van der Waals surface area contributed by atoms with Gasteiger partial charge in [0.1, 0.15) is 0 Å². The van der Waals surface area contributed by atoms with Crippen molar-refractivity contribution in [3.63, 3.8) is 0 Å². The first-order valence-corrected chi connectivity index (χ1v) is 3.96. The fourth-order valence-electron chi connectivity index (χ4n) is 1.50. The van der Waals surface area contributed by atoms with Crippen molar-refractivity contribution in [1.29, 1.82) is 0 Å². The molecule has 3 N–H and O–H groups in total. The van der Waals surface area contributed by atoms with Crippen LogP contribution in [0.25, 0.3) is 0 Å². The van der Waals surface area contributed by atoms with Crippen molar-refractivity contribution < 1.29 is 0 Å². The first kappa shape index (κ1) is 7.49. The molecule has 0 aliphatic heterocycles. The Hall–Kier alpha value is -1.16. The van der Waals surface area contributed by atoms with Gasteiger partial charge in [0.05, 0.1) is 17.4 Å². The lowest BCUT2D eigenvalue weighted by Gasteiger charge is -2.07. The van der Waals surface area contributed by atoms with Crippen molar-refractivity contribution in [3.05, 3.63) is 28.4 Å². The van der Waals surface area contributed by atoms with E-state index in [1.165, 1.54) is 6.33 Å². The van der Waals surface area contributed by atoms with Crippen molar-refractivity contribution >= 4 is 0 Å². The zero-order valence-electron chi connectivity index (χ0n) is 6.87. The van der Waals surface area contributed by atoms with Crippen molar-refractivity contribution in [1.82, 2.24) is 9.97 Å². The molecule has 1 aliphatic carbocycles. The van der Waals surface area contributed by atoms with Gasteiger partial charge in [-0.05, 0) is 12.3 Å². The normalized spacial score (nSPS) is 33.3. The highest BCUT2D eigenvalue weighted by Gasteiger charge is 2.50. The lowest BCUT2D eigenvalue weighted by Crippen LogP contribution is -2.30. The Morgan fingerprint density at radius 1 is 1.83 bits per heavy atom. The predicted octanol–water partition coefficient (Wildman–Crippen LogP) is -0.0363. The van der Waals surface area contributed by atoms with E-state index in [0.29, 0.717) is 11.5 Å². The first-order chi connectivity index (χ1) is 5.64. The van der Waals surface area contributed by atoms with E-state index in [0.717, 1.165) is 6.42 Å². The molecule has 0 spiro atoms. The van der Waals surface area contributed by atoms with Crippen LogP contribution in [-0.4, -0.2) is 9.97 Å². The average molecular weight is 165 g/mol. The second-order valence-corrected chi connectivity index (χ2v) is 3.44. The summed E-state index contributed by atoms with van der Waals surface area (Å²) in [6, 6.07) is 0. The maximum Gasteiger partial charge on any atom is 0.255 e. The largest absolute Gasteiger partial charge is 0.321 e. The number of nitrogens with zero attached hydrogens (tertiary/aromatic N) is 1. The predicted molar refractivity (Wildman–Crippen MR) is 44.5 cm³/mol. The number of H-pyrrole nitrogens is 1. The highest BCUT2D eigenvalue weighted by Crippen LogP contribution is 2.47. The van der Waals surface area contributed by atoms with Crippen LogP contribution < -0.4 is 11.3 Å². The summed E-state index contributed by atoms with van der Waals surface area (Å²) in [6.45, 7) is 2.03. The summed E-state index contributed by atoms with van der Waals surface area (Å²) < 4.78 is 0. The molecule has 0 amide bonds. The standard InChI is InChI=1S/C8H11N3O/c1-5-2-8(5,9)6-3-10-4-11-7(6)12/h3-5H,2,9H2,1H3,(H,10,11,12). The zero-order chi connectivity index (χ0) is 8.77. The van der Waals surface area contributed by atoms with Gasteiger partial charge in [0.15, 0.2) is 0 Å². The molecule has 1 aromatic rings. The summed E-state index contributed by atoms with van der Waals surface area (Å²) >= 11 is 0. The second-order valence-electron chi connectivity index (χ2n) is 3.44. The lowest BCUT2D eigenvalue weighted by atomic mass is 10.1. The maximum atomic E-state index is 11.3. The van der Waals surface area contributed by atoms with Crippen LogP contribution in [0.3, 0.4) is 0 Å². The number of nitrogens with two attached hydrogens (primary N) is 1. The Labute approximate surface area is 69.8 Å². The molecule has 4 nitrogen and oxygen atoms in total. The molecule has 2 unspecified atom stereocenters. The molecule has 1 fully saturated rings. The Balaban J connectivity index is 2.49. The highest BCUT2D eigenvalue weighted by atomic mass is 16.1. The summed E-state index contributed by atoms with van der Waals surface area (Å²) in [4.78, 5) is 17.6. The summed E-state index contributed by atoms with van der Waals surface area (Å²) in [5, 5.41) is 0. The topological polar surface area (TPSA) is 71.8 Å². The molecule has 1 aliphatic rings. The van der Waals surface area contributed by atoms with Gasteiger partial charge in [0.25, 0.3) is 5.56 Å². The minimum atomic E-state index is -0.415. The summed E-state index contributed by atoms with van der Waals surface area (Å²) in [5.41, 5.74) is 6.03. The molecular formula is C8H11N3O. The van der Waals surface area contributed by atoms with Gasteiger partial charge in [-0.25, -0.2) is 4.98 Å². The van der Waals surface area contributed by atoms with Crippen molar-refractivity contribution in [2.45, 2.75) is 18.9 Å². The van der Waals surface area contributed by atoms with Crippen LogP contribution in [0.4, 0.5) is 0 Å². The van der Waals surface area contributed by atoms with Crippen molar-refractivity contribution in [2.75, 3.05) is 0 Å². The Bertz CT molecular complexity index is 359. The molecule has 2 atom stereocenters. The van der Waals surface area contributed by atoms with Gasteiger partial charge >= 0.3 is 0 Å². The Morgan fingerprint density at radius 3 is 3.00 bits per heavy atom. The van der Waals surface area contributed by atoms with E-state index < -0.39 is 5.54 Å². The lowest BCUT2D eigenvalue weighted by molar-refractivity contribution is 0.650. The average Bonchev–Trinajstić information content (AvgIpc) is 2.61. The third kappa shape index (κ3) is 0.881. The minimum absolute atomic E-state index is 0.114. The number of nitrogens with one attached hydrogen (secondary N) is 1. The minimum Gasteiger partial charge on any atom is -0.321 e. The molecule has 1 saturated carbocycles. The van der Waals surface area contributed by atoms with Gasteiger partial charge in [0, 0.05) is 6.20 Å². The third-order valence-corrected chi connectivity index (χ3v) is 2.58. The smallest absolute Gasteiger partial charge is 0.255 e. The fourth-order valence-corrected chi connectivity index (χ4v) is 1.50. The van der Waals surface area contributed by atoms with Crippen LogP contribution in [0.15, 0.2) is 17.3 Å². The molecule has 12 heavy (non-hydrogen) atoms. The van der Waals surface area contributed by atoms with Gasteiger partial charge in [-0.1, -0.05) is 6.92 Å². The summed E-state index contributed by atoms with van der Waals surface area (Å²) in [6.07, 6.45) is 3.81. The summed E-state index contributed by atoms with van der Waals surface area (Å²) in [5.74, 6) is 0.391. The number of aromatic nitrogens is 2. The molecule has 4 heteroatoms. The van der Waals surface area contributed by atoms with Crippen LogP contribution in [-0.2, 0) is 5.54 Å². The molecular weight excluding hydrogens is 154 g/mol. The molecule has 1 heterocycles. The van der Waals surface area contributed by atoms with Crippen LogP contribution in [0.1, 0.15) is 18.9 Å². The SMILES string of the molecule is CC1CC1(N)c1cnc[nH]c1=O. The second kappa shape index (κ2) is 2.17. The monoisotopic (exact) mass is 165 g/mol. The van der Waals surface area contributed by atoms with E-state index in [2.05, 4.69) is 9.97 Å². The van der Waals surface area contributed by atoms with E-state index in [4.69, 9.17) is 5.73 Å². The van der Waals surface area contributed by atoms with Crippen molar-refractivity contribution in [3.8, 4) is 0 Å². The molecule has 0 radical (unpaired) electrons. The number of hydrogen-bond acceptors (Lipinski definition) is 3. The molecule has 0 saturated heterocycles. The quantitative estimate of drug-likeness (QED) is 0.613. The summed E-state index contributed by atoms with van der Waals surface area (Å²) in [7, 11) is 0. The van der Waals surface area contributed by atoms with E-state index >= 15 is 0 Å². The zero-order valence-corrected chi connectivity index (χ0v) is 6.87. The third-order valence-electron chi connectivity index (χ3n) is 2.58. The number of hydrogen-bond donors (Lipinski definition) is 2. The fraction of sp³-hybridized carbons (Fsp3) is 0.500. The first-order valence-electron chi connectivity index (χ1n) is 3.96. The van der Waals surface area contributed by atoms with Crippen LogP contribution >= 0.6 is 0 Å². The molecule has 0 aromatic carbocycles. The maximum absolute atomic E-state index is 11.3. The van der Waals surface area contributed by atoms with Crippen LogP contribution in [0.2, 0.25) is 0 Å². The number of aromatic amines is 1. The highest BCUT2D eigenvalue weighted by molar-refractivity contribution is 5.26. The van der Waals surface area contributed by atoms with E-state index in [1.54, 1.807) is 6.20 Å². The Kier molecular flexibility index (Phi) is 1.35. The van der Waals surface area contributed by atoms with Gasteiger partial charge in [-0.2, -0.15) is 0 Å². The molecule has 64 valence electrons. The van der Waals surface area contributed by atoms with E-state index in [9.17, 15) is 4.79 Å². The number of rotatable bonds is 1. The Morgan fingerprint density at radius 2 is 2.50 bits per heavy atom. The molecule has 1 aromatic heterocycles. The van der Waals surface area contributed by atoms with E-state index in [1.807, 2.05) is 6.92 Å². The van der Waals surface area contributed by atoms with Gasteiger partial charge in [-0.3, -0.25) is 4.79 Å². The van der Waals surface area contributed by atoms with Gasteiger partial charge in [-0.15, -0.1) is 0 Å². The van der Waals surface area contributed by atoms with Gasteiger partial charge in [0.2, 0.25) is 0 Å². The van der Waals surface area contributed by atoms with Crippen LogP contribution in [0.5, 0.6) is 0 Å².